The van der Waals surface area contributed by atoms with Crippen LogP contribution in [0.3, 0.4) is 0 Å². The molecule has 2 aliphatic rings. The van der Waals surface area contributed by atoms with Crippen LogP contribution in [0.15, 0.2) is 0 Å². The van der Waals surface area contributed by atoms with E-state index in [-0.39, 0.29) is 5.91 Å². The molecule has 2 rings (SSSR count). The first-order valence-electron chi connectivity index (χ1n) is 6.30. The number of amides is 1. The molecule has 2 N–H and O–H groups in total. The number of ether oxygens (including phenoxy) is 1. The van der Waals surface area contributed by atoms with Gasteiger partial charge in [0.25, 0.3) is 0 Å². The standard InChI is InChI=1S/C12H20N2O2S/c1-2-14(9-3-4-9)11(15)12(10(13)17)5-7-16-8-6-12/h9H,2-8H2,1H3,(H2,13,17). The third kappa shape index (κ3) is 2.31. The topological polar surface area (TPSA) is 55.6 Å². The highest BCUT2D eigenvalue weighted by atomic mass is 32.1. The number of hydrogen-bond acceptors (Lipinski definition) is 3. The van der Waals surface area contributed by atoms with Gasteiger partial charge in [-0.1, -0.05) is 12.2 Å². The van der Waals surface area contributed by atoms with Gasteiger partial charge in [-0.2, -0.15) is 0 Å². The molecule has 0 atom stereocenters. The summed E-state index contributed by atoms with van der Waals surface area (Å²) in [5.41, 5.74) is 5.20. The maximum atomic E-state index is 12.7. The highest BCUT2D eigenvalue weighted by molar-refractivity contribution is 7.80. The molecular weight excluding hydrogens is 236 g/mol. The highest BCUT2D eigenvalue weighted by Crippen LogP contribution is 2.37. The van der Waals surface area contributed by atoms with Crippen LogP contribution in [-0.2, 0) is 9.53 Å². The van der Waals surface area contributed by atoms with Gasteiger partial charge in [-0.05, 0) is 32.6 Å². The Labute approximate surface area is 107 Å². The Morgan fingerprint density at radius 2 is 2.06 bits per heavy atom. The maximum absolute atomic E-state index is 12.7. The van der Waals surface area contributed by atoms with Crippen LogP contribution in [0.4, 0.5) is 0 Å². The van der Waals surface area contributed by atoms with Gasteiger partial charge < -0.3 is 15.4 Å². The average Bonchev–Trinajstić information content (AvgIpc) is 3.15. The Bertz CT molecular complexity index is 322. The number of carbonyl (C=O) groups excluding carboxylic acids is 1. The Kier molecular flexibility index (Phi) is 3.68. The van der Waals surface area contributed by atoms with Crippen LogP contribution >= 0.6 is 12.2 Å². The minimum atomic E-state index is -0.647. The molecule has 0 aromatic heterocycles. The van der Waals surface area contributed by atoms with Crippen molar-refractivity contribution in [3.05, 3.63) is 0 Å². The van der Waals surface area contributed by atoms with Gasteiger partial charge in [-0.3, -0.25) is 4.79 Å². The van der Waals surface area contributed by atoms with E-state index in [1.54, 1.807) is 0 Å². The second-order valence-corrected chi connectivity index (χ2v) is 5.32. The van der Waals surface area contributed by atoms with Gasteiger partial charge in [0.15, 0.2) is 0 Å². The molecule has 1 heterocycles. The largest absolute Gasteiger partial charge is 0.392 e. The predicted molar refractivity (Wildman–Crippen MR) is 69.7 cm³/mol. The molecule has 0 bridgehead atoms. The molecule has 0 radical (unpaired) electrons. The molecule has 1 amide bonds. The molecular formula is C12H20N2O2S. The van der Waals surface area contributed by atoms with Gasteiger partial charge in [0.2, 0.25) is 5.91 Å². The zero-order valence-electron chi connectivity index (χ0n) is 10.3. The minimum Gasteiger partial charge on any atom is -0.392 e. The van der Waals surface area contributed by atoms with E-state index >= 15 is 0 Å². The summed E-state index contributed by atoms with van der Waals surface area (Å²) in [6, 6.07) is 0.418. The SMILES string of the molecule is CCN(C(=O)C1(C(N)=S)CCOCC1)C1CC1. The molecule has 0 aromatic rings. The molecule has 5 heteroatoms. The zero-order chi connectivity index (χ0) is 12.5. The van der Waals surface area contributed by atoms with Gasteiger partial charge >= 0.3 is 0 Å². The smallest absolute Gasteiger partial charge is 0.236 e. The van der Waals surface area contributed by atoms with E-state index in [0.29, 0.717) is 37.1 Å². The number of thiocarbonyl (C=S) groups is 1. The summed E-state index contributed by atoms with van der Waals surface area (Å²) in [5.74, 6) is 0.123. The van der Waals surface area contributed by atoms with E-state index in [9.17, 15) is 4.79 Å². The molecule has 17 heavy (non-hydrogen) atoms. The number of nitrogens with zero attached hydrogens (tertiary/aromatic N) is 1. The van der Waals surface area contributed by atoms with E-state index in [2.05, 4.69) is 0 Å². The zero-order valence-corrected chi connectivity index (χ0v) is 11.1. The molecule has 0 aromatic carbocycles. The van der Waals surface area contributed by atoms with Crippen LogP contribution in [0.1, 0.15) is 32.6 Å². The molecule has 0 spiro atoms. The first-order chi connectivity index (χ1) is 8.12. The van der Waals surface area contributed by atoms with E-state index in [1.165, 1.54) is 0 Å². The lowest BCUT2D eigenvalue weighted by atomic mass is 9.78. The molecule has 1 aliphatic heterocycles. The lowest BCUT2D eigenvalue weighted by Crippen LogP contribution is -2.53. The van der Waals surface area contributed by atoms with Crippen LogP contribution in [0.5, 0.6) is 0 Å². The van der Waals surface area contributed by atoms with Crippen molar-refractivity contribution in [3.8, 4) is 0 Å². The van der Waals surface area contributed by atoms with Crippen molar-refractivity contribution in [1.29, 1.82) is 0 Å². The van der Waals surface area contributed by atoms with Crippen LogP contribution < -0.4 is 5.73 Å². The van der Waals surface area contributed by atoms with E-state index in [0.717, 1.165) is 19.4 Å². The monoisotopic (exact) mass is 256 g/mol. The number of carbonyl (C=O) groups is 1. The Morgan fingerprint density at radius 1 is 1.47 bits per heavy atom. The highest BCUT2D eigenvalue weighted by Gasteiger charge is 2.47. The van der Waals surface area contributed by atoms with Crippen LogP contribution in [0.2, 0.25) is 0 Å². The number of nitrogens with two attached hydrogens (primary N) is 1. The van der Waals surface area contributed by atoms with Crippen LogP contribution in [0, 0.1) is 5.41 Å². The fourth-order valence-electron chi connectivity index (χ4n) is 2.51. The normalized spacial score (nSPS) is 23.1. The first-order valence-corrected chi connectivity index (χ1v) is 6.71. The van der Waals surface area contributed by atoms with Crippen LogP contribution in [0.25, 0.3) is 0 Å². The van der Waals surface area contributed by atoms with Gasteiger partial charge in [0.05, 0.1) is 4.99 Å². The molecule has 1 saturated heterocycles. The Hall–Kier alpha value is -0.680. The molecule has 0 unspecified atom stereocenters. The summed E-state index contributed by atoms with van der Waals surface area (Å²) in [6.45, 7) is 3.91. The number of hydrogen-bond donors (Lipinski definition) is 1. The second-order valence-electron chi connectivity index (χ2n) is 4.88. The summed E-state index contributed by atoms with van der Waals surface area (Å²) in [6.07, 6.45) is 3.49. The van der Waals surface area contributed by atoms with Crippen LogP contribution in [-0.4, -0.2) is 41.6 Å². The van der Waals surface area contributed by atoms with E-state index < -0.39 is 5.41 Å². The minimum absolute atomic E-state index is 0.123. The molecule has 1 aliphatic carbocycles. The van der Waals surface area contributed by atoms with Gasteiger partial charge in [0, 0.05) is 25.8 Å². The summed E-state index contributed by atoms with van der Waals surface area (Å²) < 4.78 is 5.33. The van der Waals surface area contributed by atoms with Crippen molar-refractivity contribution in [2.45, 2.75) is 38.6 Å². The van der Waals surface area contributed by atoms with Crippen molar-refractivity contribution in [2.75, 3.05) is 19.8 Å². The quantitative estimate of drug-likeness (QED) is 0.765. The van der Waals surface area contributed by atoms with Gasteiger partial charge in [-0.15, -0.1) is 0 Å². The Morgan fingerprint density at radius 3 is 2.47 bits per heavy atom. The fraction of sp³-hybridized carbons (Fsp3) is 0.833. The van der Waals surface area contributed by atoms with E-state index in [4.69, 9.17) is 22.7 Å². The van der Waals surface area contributed by atoms with Crippen molar-refractivity contribution in [3.63, 3.8) is 0 Å². The predicted octanol–water partition coefficient (Wildman–Crippen LogP) is 1.08. The lowest BCUT2D eigenvalue weighted by molar-refractivity contribution is -0.142. The average molecular weight is 256 g/mol. The summed E-state index contributed by atoms with van der Waals surface area (Å²) in [4.78, 5) is 15.0. The van der Waals surface area contributed by atoms with Crippen molar-refractivity contribution >= 4 is 23.1 Å². The van der Waals surface area contributed by atoms with Crippen molar-refractivity contribution < 1.29 is 9.53 Å². The first kappa shape index (κ1) is 12.8. The summed E-state index contributed by atoms with van der Waals surface area (Å²) in [5, 5.41) is 0. The lowest BCUT2D eigenvalue weighted by Gasteiger charge is -2.38. The number of rotatable bonds is 4. The fourth-order valence-corrected chi connectivity index (χ4v) is 2.81. The van der Waals surface area contributed by atoms with E-state index in [1.807, 2.05) is 11.8 Å². The van der Waals surface area contributed by atoms with Gasteiger partial charge in [0.1, 0.15) is 5.41 Å². The Balaban J connectivity index is 2.19. The molecule has 1 saturated carbocycles. The third-order valence-electron chi connectivity index (χ3n) is 3.82. The van der Waals surface area contributed by atoms with Gasteiger partial charge in [-0.25, -0.2) is 0 Å². The molecule has 96 valence electrons. The summed E-state index contributed by atoms with van der Waals surface area (Å²) in [7, 11) is 0. The second kappa shape index (κ2) is 4.90. The molecule has 4 nitrogen and oxygen atoms in total. The third-order valence-corrected chi connectivity index (χ3v) is 4.21. The molecule has 2 fully saturated rings. The summed E-state index contributed by atoms with van der Waals surface area (Å²) >= 11 is 5.15. The maximum Gasteiger partial charge on any atom is 0.236 e. The van der Waals surface area contributed by atoms with Crippen molar-refractivity contribution in [2.24, 2.45) is 11.1 Å². The van der Waals surface area contributed by atoms with Crippen molar-refractivity contribution in [1.82, 2.24) is 4.90 Å².